The van der Waals surface area contributed by atoms with Crippen LogP contribution in [0.15, 0.2) is 18.2 Å². The van der Waals surface area contributed by atoms with E-state index < -0.39 is 0 Å². The molecule has 21 heavy (non-hydrogen) atoms. The van der Waals surface area contributed by atoms with Gasteiger partial charge in [0.25, 0.3) is 0 Å². The van der Waals surface area contributed by atoms with Crippen molar-refractivity contribution in [1.82, 2.24) is 15.0 Å². The molecular weight excluding hydrogens is 264 g/mol. The van der Waals surface area contributed by atoms with Gasteiger partial charge < -0.3 is 10.5 Å². The molecule has 0 unspecified atom stereocenters. The minimum Gasteiger partial charge on any atom is -0.487 e. The van der Waals surface area contributed by atoms with Gasteiger partial charge in [-0.15, -0.1) is 5.10 Å². The van der Waals surface area contributed by atoms with Gasteiger partial charge >= 0.3 is 0 Å². The van der Waals surface area contributed by atoms with Gasteiger partial charge in [0, 0.05) is 13.1 Å². The van der Waals surface area contributed by atoms with Gasteiger partial charge in [0.05, 0.1) is 0 Å². The zero-order valence-corrected chi connectivity index (χ0v) is 13.1. The highest BCUT2D eigenvalue weighted by Crippen LogP contribution is 2.21. The van der Waals surface area contributed by atoms with Crippen molar-refractivity contribution in [1.29, 1.82) is 0 Å². The van der Waals surface area contributed by atoms with Crippen LogP contribution in [0.2, 0.25) is 0 Å². The van der Waals surface area contributed by atoms with Gasteiger partial charge in [0.15, 0.2) is 0 Å². The maximum Gasteiger partial charge on any atom is 0.132 e. The van der Waals surface area contributed by atoms with Crippen molar-refractivity contribution in [2.24, 2.45) is 5.73 Å². The molecule has 114 valence electrons. The van der Waals surface area contributed by atoms with E-state index in [4.69, 9.17) is 10.5 Å². The van der Waals surface area contributed by atoms with Crippen molar-refractivity contribution in [3.63, 3.8) is 0 Å². The molecule has 0 saturated carbocycles. The van der Waals surface area contributed by atoms with Crippen LogP contribution in [-0.4, -0.2) is 15.0 Å². The molecule has 0 radical (unpaired) electrons. The summed E-state index contributed by atoms with van der Waals surface area (Å²) in [7, 11) is 0. The SMILES string of the molecule is CCCCn1nnc(CN)c1COc1cc(C)ccc1C. The van der Waals surface area contributed by atoms with Crippen molar-refractivity contribution in [2.45, 2.75) is 53.3 Å². The van der Waals surface area contributed by atoms with Crippen LogP contribution in [0.3, 0.4) is 0 Å². The minimum atomic E-state index is 0.387. The molecule has 2 rings (SSSR count). The highest BCUT2D eigenvalue weighted by atomic mass is 16.5. The molecule has 0 aliphatic carbocycles. The van der Waals surface area contributed by atoms with E-state index in [-0.39, 0.29) is 0 Å². The van der Waals surface area contributed by atoms with E-state index in [9.17, 15) is 0 Å². The van der Waals surface area contributed by atoms with E-state index in [1.807, 2.05) is 11.6 Å². The average molecular weight is 288 g/mol. The number of rotatable bonds is 7. The molecule has 5 nitrogen and oxygen atoms in total. The average Bonchev–Trinajstić information content (AvgIpc) is 2.88. The quantitative estimate of drug-likeness (QED) is 0.850. The van der Waals surface area contributed by atoms with Gasteiger partial charge in [-0.25, -0.2) is 4.68 Å². The smallest absolute Gasteiger partial charge is 0.132 e. The van der Waals surface area contributed by atoms with Crippen molar-refractivity contribution in [3.05, 3.63) is 40.7 Å². The summed E-state index contributed by atoms with van der Waals surface area (Å²) >= 11 is 0. The number of unbranched alkanes of at least 4 members (excludes halogenated alkanes) is 1. The van der Waals surface area contributed by atoms with Crippen LogP contribution in [0.5, 0.6) is 5.75 Å². The number of aryl methyl sites for hydroxylation is 3. The summed E-state index contributed by atoms with van der Waals surface area (Å²) in [5, 5.41) is 8.33. The van der Waals surface area contributed by atoms with Crippen molar-refractivity contribution >= 4 is 0 Å². The van der Waals surface area contributed by atoms with Crippen LogP contribution < -0.4 is 10.5 Å². The molecule has 0 bridgehead atoms. The Morgan fingerprint density at radius 3 is 2.81 bits per heavy atom. The van der Waals surface area contributed by atoms with Crippen LogP contribution in [-0.2, 0) is 19.7 Å². The lowest BCUT2D eigenvalue weighted by Crippen LogP contribution is -2.11. The van der Waals surface area contributed by atoms with Gasteiger partial charge in [-0.3, -0.25) is 0 Å². The first-order chi connectivity index (χ1) is 10.2. The Morgan fingerprint density at radius 2 is 2.10 bits per heavy atom. The fraction of sp³-hybridized carbons (Fsp3) is 0.500. The number of hydrogen-bond donors (Lipinski definition) is 1. The zero-order chi connectivity index (χ0) is 15.2. The lowest BCUT2D eigenvalue weighted by Gasteiger charge is -2.12. The van der Waals surface area contributed by atoms with Crippen molar-refractivity contribution in [2.75, 3.05) is 0 Å². The monoisotopic (exact) mass is 288 g/mol. The first-order valence-corrected chi connectivity index (χ1v) is 7.47. The Labute approximate surface area is 126 Å². The van der Waals surface area contributed by atoms with Crippen LogP contribution in [0.4, 0.5) is 0 Å². The van der Waals surface area contributed by atoms with E-state index in [1.165, 1.54) is 5.56 Å². The number of hydrogen-bond acceptors (Lipinski definition) is 4. The van der Waals surface area contributed by atoms with E-state index in [2.05, 4.69) is 42.4 Å². The predicted molar refractivity (Wildman–Crippen MR) is 83.1 cm³/mol. The van der Waals surface area contributed by atoms with E-state index >= 15 is 0 Å². The molecule has 0 atom stereocenters. The molecule has 0 fully saturated rings. The zero-order valence-electron chi connectivity index (χ0n) is 13.1. The molecule has 1 aromatic heterocycles. The summed E-state index contributed by atoms with van der Waals surface area (Å²) in [6.07, 6.45) is 2.19. The summed E-state index contributed by atoms with van der Waals surface area (Å²) in [5.74, 6) is 0.904. The molecule has 1 heterocycles. The first-order valence-electron chi connectivity index (χ1n) is 7.47. The number of benzene rings is 1. The number of aromatic nitrogens is 3. The summed E-state index contributed by atoms with van der Waals surface area (Å²) in [6.45, 7) is 7.96. The third kappa shape index (κ3) is 3.82. The maximum atomic E-state index is 5.97. The summed E-state index contributed by atoms with van der Waals surface area (Å²) in [5.41, 5.74) is 9.85. The third-order valence-electron chi connectivity index (χ3n) is 3.54. The molecule has 0 amide bonds. The van der Waals surface area contributed by atoms with E-state index in [0.717, 1.165) is 42.1 Å². The fourth-order valence-electron chi connectivity index (χ4n) is 2.18. The van der Waals surface area contributed by atoms with Gasteiger partial charge in [-0.2, -0.15) is 0 Å². The van der Waals surface area contributed by atoms with Crippen molar-refractivity contribution in [3.8, 4) is 5.75 Å². The normalized spacial score (nSPS) is 10.9. The Balaban J connectivity index is 2.14. The predicted octanol–water partition coefficient (Wildman–Crippen LogP) is 2.73. The second kappa shape index (κ2) is 7.22. The van der Waals surface area contributed by atoms with E-state index in [0.29, 0.717) is 13.2 Å². The highest BCUT2D eigenvalue weighted by Gasteiger charge is 2.12. The van der Waals surface area contributed by atoms with Gasteiger partial charge in [-0.05, 0) is 37.5 Å². The Morgan fingerprint density at radius 1 is 1.29 bits per heavy atom. The van der Waals surface area contributed by atoms with Gasteiger partial charge in [0.1, 0.15) is 23.7 Å². The first kappa shape index (κ1) is 15.5. The summed E-state index contributed by atoms with van der Waals surface area (Å²) in [4.78, 5) is 0. The Kier molecular flexibility index (Phi) is 5.33. The lowest BCUT2D eigenvalue weighted by atomic mass is 10.1. The van der Waals surface area contributed by atoms with Crippen molar-refractivity contribution < 1.29 is 4.74 Å². The molecule has 5 heteroatoms. The maximum absolute atomic E-state index is 5.97. The molecule has 2 aromatic rings. The largest absolute Gasteiger partial charge is 0.487 e. The lowest BCUT2D eigenvalue weighted by molar-refractivity contribution is 0.287. The number of nitrogens with zero attached hydrogens (tertiary/aromatic N) is 3. The van der Waals surface area contributed by atoms with Gasteiger partial charge in [-0.1, -0.05) is 30.7 Å². The molecule has 0 aliphatic heterocycles. The van der Waals surface area contributed by atoms with Crippen LogP contribution >= 0.6 is 0 Å². The molecule has 0 saturated heterocycles. The number of ether oxygens (including phenoxy) is 1. The topological polar surface area (TPSA) is 66.0 Å². The molecular formula is C16H24N4O. The van der Waals surface area contributed by atoms with Crippen LogP contribution in [0, 0.1) is 13.8 Å². The standard InChI is InChI=1S/C16H24N4O/c1-4-5-8-20-15(14(10-17)18-19-20)11-21-16-9-12(2)6-7-13(16)3/h6-7,9H,4-5,8,10-11,17H2,1-3H3. The minimum absolute atomic E-state index is 0.387. The molecule has 0 aliphatic rings. The second-order valence-electron chi connectivity index (χ2n) is 5.32. The van der Waals surface area contributed by atoms with Crippen LogP contribution in [0.1, 0.15) is 42.3 Å². The molecule has 2 N–H and O–H groups in total. The summed E-state index contributed by atoms with van der Waals surface area (Å²) < 4.78 is 7.88. The third-order valence-corrected chi connectivity index (χ3v) is 3.54. The van der Waals surface area contributed by atoms with Crippen LogP contribution in [0.25, 0.3) is 0 Å². The number of nitrogens with two attached hydrogens (primary N) is 1. The second-order valence-corrected chi connectivity index (χ2v) is 5.32. The van der Waals surface area contributed by atoms with Gasteiger partial charge in [0.2, 0.25) is 0 Å². The Bertz CT molecular complexity index is 592. The summed E-state index contributed by atoms with van der Waals surface area (Å²) in [6, 6.07) is 6.21. The fourth-order valence-corrected chi connectivity index (χ4v) is 2.18. The molecule has 0 spiro atoms. The molecule has 1 aromatic carbocycles. The highest BCUT2D eigenvalue weighted by molar-refractivity contribution is 5.36. The Hall–Kier alpha value is -1.88. The van der Waals surface area contributed by atoms with E-state index in [1.54, 1.807) is 0 Å².